The molecule has 0 aromatic heterocycles. The highest BCUT2D eigenvalue weighted by atomic mass is 16.2. The monoisotopic (exact) mass is 382 g/mol. The third kappa shape index (κ3) is 6.42. The Kier molecular flexibility index (Phi) is 7.56. The highest BCUT2D eigenvalue weighted by molar-refractivity contribution is 5.97. The van der Waals surface area contributed by atoms with Crippen molar-refractivity contribution in [3.05, 3.63) is 65.2 Å². The molecule has 28 heavy (non-hydrogen) atoms. The van der Waals surface area contributed by atoms with Gasteiger partial charge in [-0.1, -0.05) is 37.3 Å². The number of hydrogen-bond acceptors (Lipinski definition) is 3. The van der Waals surface area contributed by atoms with Crippen molar-refractivity contribution < 1.29 is 14.4 Å². The maximum absolute atomic E-state index is 12.3. The molecule has 0 radical (unpaired) electrons. The van der Waals surface area contributed by atoms with Crippen molar-refractivity contribution >= 4 is 23.5 Å². The van der Waals surface area contributed by atoms with Crippen LogP contribution in [0.4, 0.5) is 10.5 Å². The van der Waals surface area contributed by atoms with Crippen LogP contribution in [0.25, 0.3) is 0 Å². The number of nitrogens with two attached hydrogens (primary N) is 1. The van der Waals surface area contributed by atoms with Gasteiger partial charge in [-0.3, -0.25) is 9.59 Å². The second-order valence-corrected chi connectivity index (χ2v) is 6.47. The van der Waals surface area contributed by atoms with Crippen molar-refractivity contribution in [2.45, 2.75) is 32.7 Å². The van der Waals surface area contributed by atoms with Crippen molar-refractivity contribution in [3.8, 4) is 0 Å². The van der Waals surface area contributed by atoms with Crippen LogP contribution in [0.15, 0.2) is 48.5 Å². The van der Waals surface area contributed by atoms with Crippen molar-refractivity contribution in [3.63, 3.8) is 0 Å². The van der Waals surface area contributed by atoms with E-state index in [0.717, 1.165) is 12.0 Å². The molecule has 0 bridgehead atoms. The van der Waals surface area contributed by atoms with Crippen LogP contribution in [-0.4, -0.2) is 24.4 Å². The van der Waals surface area contributed by atoms with Gasteiger partial charge in [-0.15, -0.1) is 0 Å². The summed E-state index contributed by atoms with van der Waals surface area (Å²) in [5.74, 6) is -0.819. The van der Waals surface area contributed by atoms with Crippen LogP contribution < -0.4 is 21.7 Å². The molecule has 148 valence electrons. The fourth-order valence-corrected chi connectivity index (χ4v) is 2.63. The summed E-state index contributed by atoms with van der Waals surface area (Å²) in [6.07, 6.45) is 1.04. The standard InChI is InChI=1S/C21H26N4O3/c1-3-15-7-9-16(10-8-15)14(2)24-21(28)25-18-6-4-5-17(13-18)20(27)23-12-11-19(22)26/h4-10,13-14H,3,11-12H2,1-2H3,(H2,22,26)(H,23,27)(H2,24,25,28). The molecule has 7 nitrogen and oxygen atoms in total. The molecular formula is C21H26N4O3. The average molecular weight is 382 g/mol. The van der Waals surface area contributed by atoms with Gasteiger partial charge in [-0.25, -0.2) is 4.79 Å². The van der Waals surface area contributed by atoms with Gasteiger partial charge in [-0.2, -0.15) is 0 Å². The van der Waals surface area contributed by atoms with E-state index in [1.54, 1.807) is 24.3 Å². The third-order valence-electron chi connectivity index (χ3n) is 4.28. The lowest BCUT2D eigenvalue weighted by molar-refractivity contribution is -0.117. The quantitative estimate of drug-likeness (QED) is 0.563. The fourth-order valence-electron chi connectivity index (χ4n) is 2.63. The predicted octanol–water partition coefficient (Wildman–Crippen LogP) is 2.74. The third-order valence-corrected chi connectivity index (χ3v) is 4.28. The van der Waals surface area contributed by atoms with Gasteiger partial charge >= 0.3 is 6.03 Å². The summed E-state index contributed by atoms with van der Waals surface area (Å²) in [4.78, 5) is 35.1. The summed E-state index contributed by atoms with van der Waals surface area (Å²) in [5, 5.41) is 8.21. The number of carbonyl (C=O) groups excluding carboxylic acids is 3. The Morgan fingerprint density at radius 1 is 1.07 bits per heavy atom. The van der Waals surface area contributed by atoms with E-state index in [4.69, 9.17) is 5.73 Å². The minimum absolute atomic E-state index is 0.0726. The van der Waals surface area contributed by atoms with Crippen molar-refractivity contribution in [2.24, 2.45) is 5.73 Å². The summed E-state index contributed by atoms with van der Waals surface area (Å²) in [7, 11) is 0. The van der Waals surface area contributed by atoms with Crippen molar-refractivity contribution in [2.75, 3.05) is 11.9 Å². The molecular weight excluding hydrogens is 356 g/mol. The summed E-state index contributed by atoms with van der Waals surface area (Å²) in [6.45, 7) is 4.17. The van der Waals surface area contributed by atoms with Gasteiger partial charge in [0.05, 0.1) is 6.04 Å². The Hall–Kier alpha value is -3.35. The Labute approximate surface area is 164 Å². The predicted molar refractivity (Wildman–Crippen MR) is 109 cm³/mol. The number of anilines is 1. The molecule has 0 spiro atoms. The molecule has 0 fully saturated rings. The summed E-state index contributed by atoms with van der Waals surface area (Å²) in [6, 6.07) is 14.1. The van der Waals surface area contributed by atoms with Crippen LogP contribution in [0, 0.1) is 0 Å². The van der Waals surface area contributed by atoms with Crippen LogP contribution in [0.5, 0.6) is 0 Å². The van der Waals surface area contributed by atoms with Gasteiger partial charge < -0.3 is 21.7 Å². The van der Waals surface area contributed by atoms with E-state index >= 15 is 0 Å². The Morgan fingerprint density at radius 3 is 2.43 bits per heavy atom. The molecule has 7 heteroatoms. The first-order valence-corrected chi connectivity index (χ1v) is 9.22. The van der Waals surface area contributed by atoms with E-state index in [1.165, 1.54) is 5.56 Å². The van der Waals surface area contributed by atoms with E-state index in [9.17, 15) is 14.4 Å². The zero-order chi connectivity index (χ0) is 20.5. The van der Waals surface area contributed by atoms with Crippen LogP contribution in [0.2, 0.25) is 0 Å². The number of aryl methyl sites for hydroxylation is 1. The first-order valence-electron chi connectivity index (χ1n) is 9.22. The number of carbonyl (C=O) groups is 3. The van der Waals surface area contributed by atoms with Crippen LogP contribution in [0.3, 0.4) is 0 Å². The molecule has 0 saturated heterocycles. The van der Waals surface area contributed by atoms with Crippen molar-refractivity contribution in [1.82, 2.24) is 10.6 Å². The second kappa shape index (κ2) is 10.1. The number of benzene rings is 2. The second-order valence-electron chi connectivity index (χ2n) is 6.47. The topological polar surface area (TPSA) is 113 Å². The molecule has 2 aromatic carbocycles. The van der Waals surface area contributed by atoms with Gasteiger partial charge in [0.15, 0.2) is 0 Å². The van der Waals surface area contributed by atoms with Gasteiger partial charge in [0.25, 0.3) is 5.91 Å². The number of rotatable bonds is 8. The average Bonchev–Trinajstić information content (AvgIpc) is 2.67. The Morgan fingerprint density at radius 2 is 1.79 bits per heavy atom. The number of urea groups is 1. The normalized spacial score (nSPS) is 11.4. The van der Waals surface area contributed by atoms with Gasteiger partial charge in [0, 0.05) is 24.2 Å². The minimum atomic E-state index is -0.481. The van der Waals surface area contributed by atoms with Gasteiger partial charge in [0.1, 0.15) is 0 Å². The number of primary amides is 1. The molecule has 5 N–H and O–H groups in total. The fraction of sp³-hybridized carbons (Fsp3) is 0.286. The zero-order valence-corrected chi connectivity index (χ0v) is 16.1. The van der Waals surface area contributed by atoms with E-state index in [0.29, 0.717) is 11.3 Å². The maximum Gasteiger partial charge on any atom is 0.319 e. The molecule has 0 saturated carbocycles. The van der Waals surface area contributed by atoms with Crippen LogP contribution >= 0.6 is 0 Å². The zero-order valence-electron chi connectivity index (χ0n) is 16.1. The first kappa shape index (κ1) is 21.0. The highest BCUT2D eigenvalue weighted by Crippen LogP contribution is 2.15. The molecule has 0 heterocycles. The molecule has 1 atom stereocenters. The lowest BCUT2D eigenvalue weighted by Crippen LogP contribution is -2.31. The van der Waals surface area contributed by atoms with E-state index in [1.807, 2.05) is 31.2 Å². The Bertz CT molecular complexity index is 834. The summed E-state index contributed by atoms with van der Waals surface area (Å²) >= 11 is 0. The first-order chi connectivity index (χ1) is 13.4. The van der Waals surface area contributed by atoms with Crippen molar-refractivity contribution in [1.29, 1.82) is 0 Å². The Balaban J connectivity index is 1.92. The van der Waals surface area contributed by atoms with Gasteiger partial charge in [-0.05, 0) is 42.7 Å². The number of amides is 4. The lowest BCUT2D eigenvalue weighted by atomic mass is 10.1. The summed E-state index contributed by atoms with van der Waals surface area (Å²) in [5.41, 5.74) is 8.17. The summed E-state index contributed by atoms with van der Waals surface area (Å²) < 4.78 is 0. The molecule has 0 aliphatic carbocycles. The van der Waals surface area contributed by atoms with E-state index in [-0.39, 0.29) is 30.9 Å². The molecule has 4 amide bonds. The SMILES string of the molecule is CCc1ccc(C(C)NC(=O)Nc2cccc(C(=O)NCCC(N)=O)c2)cc1. The lowest BCUT2D eigenvalue weighted by Gasteiger charge is -2.16. The number of nitrogens with one attached hydrogen (secondary N) is 3. The molecule has 2 aromatic rings. The maximum atomic E-state index is 12.3. The van der Waals surface area contributed by atoms with Crippen LogP contribution in [-0.2, 0) is 11.2 Å². The highest BCUT2D eigenvalue weighted by Gasteiger charge is 2.11. The molecule has 2 rings (SSSR count). The molecule has 1 unspecified atom stereocenters. The van der Waals surface area contributed by atoms with E-state index < -0.39 is 5.91 Å². The van der Waals surface area contributed by atoms with Crippen LogP contribution in [0.1, 0.15) is 47.8 Å². The minimum Gasteiger partial charge on any atom is -0.370 e. The van der Waals surface area contributed by atoms with Gasteiger partial charge in [0.2, 0.25) is 5.91 Å². The van der Waals surface area contributed by atoms with E-state index in [2.05, 4.69) is 22.9 Å². The number of hydrogen-bond donors (Lipinski definition) is 4. The molecule has 0 aliphatic heterocycles. The smallest absolute Gasteiger partial charge is 0.319 e. The molecule has 0 aliphatic rings. The largest absolute Gasteiger partial charge is 0.370 e.